The van der Waals surface area contributed by atoms with Crippen molar-refractivity contribution >= 4 is 27.5 Å². The number of amidine groups is 1. The summed E-state index contributed by atoms with van der Waals surface area (Å²) in [6.07, 6.45) is 0.410. The van der Waals surface area contributed by atoms with E-state index in [2.05, 4.69) is 15.0 Å². The Morgan fingerprint density at radius 2 is 1.93 bits per heavy atom. The fourth-order valence-electron chi connectivity index (χ4n) is 2.95. The van der Waals surface area contributed by atoms with E-state index in [1.54, 1.807) is 37.3 Å². The van der Waals surface area contributed by atoms with Crippen LogP contribution in [0, 0.1) is 18.7 Å². The van der Waals surface area contributed by atoms with Crippen LogP contribution in [0.5, 0.6) is 0 Å². The predicted molar refractivity (Wildman–Crippen MR) is 106 cm³/mol. The topological polar surface area (TPSA) is 87.6 Å². The van der Waals surface area contributed by atoms with Crippen molar-refractivity contribution < 1.29 is 17.6 Å². The Hall–Kier alpha value is -2.74. The number of carbonyl (C=O) groups is 1. The number of nitrogens with one attached hydrogen (secondary N) is 2. The number of aliphatic imine (C=N–C) groups is 1. The van der Waals surface area contributed by atoms with Gasteiger partial charge < -0.3 is 5.32 Å². The van der Waals surface area contributed by atoms with Crippen molar-refractivity contribution in [2.24, 2.45) is 10.9 Å². The van der Waals surface area contributed by atoms with E-state index in [1.165, 1.54) is 12.1 Å². The Morgan fingerprint density at radius 1 is 1.21 bits per heavy atom. The van der Waals surface area contributed by atoms with Gasteiger partial charge in [-0.2, -0.15) is 0 Å². The molecule has 8 heteroatoms. The second-order valence-corrected chi connectivity index (χ2v) is 8.83. The van der Waals surface area contributed by atoms with E-state index in [9.17, 15) is 17.6 Å². The van der Waals surface area contributed by atoms with Crippen LogP contribution in [-0.2, 0) is 14.8 Å². The van der Waals surface area contributed by atoms with Gasteiger partial charge in [0.15, 0.2) is 0 Å². The zero-order valence-corrected chi connectivity index (χ0v) is 16.7. The molecule has 1 aliphatic heterocycles. The highest BCUT2D eigenvalue weighted by atomic mass is 32.2. The summed E-state index contributed by atoms with van der Waals surface area (Å²) in [4.78, 5) is 17.3. The molecular formula is C20H22FN3O3S. The summed E-state index contributed by atoms with van der Waals surface area (Å²) < 4.78 is 40.7. The predicted octanol–water partition coefficient (Wildman–Crippen LogP) is 3.23. The smallest absolute Gasteiger partial charge is 0.263 e. The second-order valence-electron chi connectivity index (χ2n) is 7.18. The van der Waals surface area contributed by atoms with Gasteiger partial charge in [0.1, 0.15) is 17.7 Å². The number of nitrogens with zero attached hydrogens (tertiary/aromatic N) is 1. The molecule has 0 bridgehead atoms. The first kappa shape index (κ1) is 20.0. The molecule has 0 aromatic heterocycles. The van der Waals surface area contributed by atoms with Gasteiger partial charge in [0.2, 0.25) is 5.91 Å². The molecule has 0 saturated carbocycles. The molecule has 0 spiro atoms. The average molecular weight is 403 g/mol. The lowest BCUT2D eigenvalue weighted by Gasteiger charge is -2.16. The SMILES string of the molecule is Cc1ccc(NC(=O)[C@@H](CC(C)C)N=C2NS(=O)(=O)c3ccccc32)cc1F. The van der Waals surface area contributed by atoms with E-state index >= 15 is 0 Å². The van der Waals surface area contributed by atoms with Crippen molar-refractivity contribution in [1.29, 1.82) is 0 Å². The molecule has 6 nitrogen and oxygen atoms in total. The number of aryl methyl sites for hydroxylation is 1. The van der Waals surface area contributed by atoms with Crippen molar-refractivity contribution in [3.63, 3.8) is 0 Å². The maximum atomic E-state index is 13.8. The number of hydrogen-bond donors (Lipinski definition) is 2. The number of amides is 1. The van der Waals surface area contributed by atoms with Gasteiger partial charge in [0, 0.05) is 11.3 Å². The molecule has 0 radical (unpaired) electrons. The molecule has 3 rings (SSSR count). The molecule has 2 N–H and O–H groups in total. The van der Waals surface area contributed by atoms with Crippen LogP contribution < -0.4 is 10.0 Å². The molecule has 1 amide bonds. The quantitative estimate of drug-likeness (QED) is 0.803. The summed E-state index contributed by atoms with van der Waals surface area (Å²) in [6, 6.07) is 10.1. The highest BCUT2D eigenvalue weighted by molar-refractivity contribution is 7.90. The summed E-state index contributed by atoms with van der Waals surface area (Å²) in [5, 5.41) is 2.67. The van der Waals surface area contributed by atoms with E-state index in [0.29, 0.717) is 23.2 Å². The minimum atomic E-state index is -3.69. The van der Waals surface area contributed by atoms with Crippen molar-refractivity contribution in [1.82, 2.24) is 4.72 Å². The van der Waals surface area contributed by atoms with Gasteiger partial charge in [0.05, 0.1) is 4.90 Å². The maximum absolute atomic E-state index is 13.8. The minimum Gasteiger partial charge on any atom is -0.324 e. The minimum absolute atomic E-state index is 0.137. The van der Waals surface area contributed by atoms with Gasteiger partial charge in [-0.25, -0.2) is 12.8 Å². The highest BCUT2D eigenvalue weighted by Crippen LogP contribution is 2.24. The van der Waals surface area contributed by atoms with Crippen molar-refractivity contribution in [3.05, 3.63) is 59.4 Å². The van der Waals surface area contributed by atoms with Crippen LogP contribution in [-0.4, -0.2) is 26.2 Å². The highest BCUT2D eigenvalue weighted by Gasteiger charge is 2.32. The molecule has 2 aromatic carbocycles. The third-order valence-corrected chi connectivity index (χ3v) is 5.78. The van der Waals surface area contributed by atoms with E-state index in [4.69, 9.17) is 0 Å². The number of benzene rings is 2. The van der Waals surface area contributed by atoms with Crippen molar-refractivity contribution in [2.75, 3.05) is 5.32 Å². The summed E-state index contributed by atoms with van der Waals surface area (Å²) in [5.41, 5.74) is 1.24. The second kappa shape index (κ2) is 7.71. The van der Waals surface area contributed by atoms with E-state index in [1.807, 2.05) is 13.8 Å². The molecule has 1 atom stereocenters. The Labute approximate surface area is 163 Å². The number of anilines is 1. The fourth-order valence-corrected chi connectivity index (χ4v) is 4.19. The number of carbonyl (C=O) groups excluding carboxylic acids is 1. The first-order valence-corrected chi connectivity index (χ1v) is 10.4. The van der Waals surface area contributed by atoms with Crippen LogP contribution in [0.4, 0.5) is 10.1 Å². The Morgan fingerprint density at radius 3 is 2.61 bits per heavy atom. The van der Waals surface area contributed by atoms with Crippen LogP contribution in [0.25, 0.3) is 0 Å². The summed E-state index contributed by atoms with van der Waals surface area (Å²) in [5.74, 6) is -0.551. The maximum Gasteiger partial charge on any atom is 0.263 e. The molecule has 28 heavy (non-hydrogen) atoms. The van der Waals surface area contributed by atoms with Crippen molar-refractivity contribution in [2.45, 2.75) is 38.1 Å². The third kappa shape index (κ3) is 4.22. The molecule has 1 aliphatic rings. The number of sulfonamides is 1. The van der Waals surface area contributed by atoms with Crippen LogP contribution in [0.3, 0.4) is 0 Å². The molecule has 0 aliphatic carbocycles. The largest absolute Gasteiger partial charge is 0.324 e. The molecular weight excluding hydrogens is 381 g/mol. The van der Waals surface area contributed by atoms with Crippen LogP contribution in [0.1, 0.15) is 31.4 Å². The fraction of sp³-hybridized carbons (Fsp3) is 0.300. The lowest BCUT2D eigenvalue weighted by Crippen LogP contribution is -2.31. The normalized spacial score (nSPS) is 17.2. The molecule has 148 valence electrons. The Bertz CT molecular complexity index is 1050. The zero-order valence-electron chi connectivity index (χ0n) is 15.9. The standard InChI is InChI=1S/C20H22FN3O3S/c1-12(2)10-17(20(25)22-14-9-8-13(3)16(21)11-14)23-19-15-6-4-5-7-18(15)28(26,27)24-19/h4-9,11-12,17H,10H2,1-3H3,(H,22,25)(H,23,24)/t17-/m1/s1. The Balaban J connectivity index is 1.91. The van der Waals surface area contributed by atoms with Crippen molar-refractivity contribution in [3.8, 4) is 0 Å². The monoisotopic (exact) mass is 403 g/mol. The van der Waals surface area contributed by atoms with Crippen LogP contribution >= 0.6 is 0 Å². The van der Waals surface area contributed by atoms with Gasteiger partial charge in [-0.3, -0.25) is 14.5 Å². The molecule has 0 fully saturated rings. The third-order valence-electron chi connectivity index (χ3n) is 4.38. The van der Waals surface area contributed by atoms with Gasteiger partial charge in [0.25, 0.3) is 10.0 Å². The molecule has 0 saturated heterocycles. The van der Waals surface area contributed by atoms with E-state index in [0.717, 1.165) is 0 Å². The molecule has 1 heterocycles. The van der Waals surface area contributed by atoms with Gasteiger partial charge in [-0.05, 0) is 49.1 Å². The number of fused-ring (bicyclic) bond motifs is 1. The number of halogens is 1. The molecule has 0 unspecified atom stereocenters. The number of hydrogen-bond acceptors (Lipinski definition) is 4. The van der Waals surface area contributed by atoms with Crippen LogP contribution in [0.2, 0.25) is 0 Å². The van der Waals surface area contributed by atoms with Gasteiger partial charge >= 0.3 is 0 Å². The Kier molecular flexibility index (Phi) is 5.51. The van der Waals surface area contributed by atoms with E-state index in [-0.39, 0.29) is 16.6 Å². The number of rotatable bonds is 5. The summed E-state index contributed by atoms with van der Waals surface area (Å²) in [7, 11) is -3.69. The van der Waals surface area contributed by atoms with E-state index < -0.39 is 27.8 Å². The lowest BCUT2D eigenvalue weighted by atomic mass is 10.0. The molecule has 2 aromatic rings. The summed E-state index contributed by atoms with van der Waals surface area (Å²) >= 11 is 0. The van der Waals surface area contributed by atoms with Gasteiger partial charge in [-0.1, -0.05) is 32.0 Å². The zero-order chi connectivity index (χ0) is 20.5. The lowest BCUT2D eigenvalue weighted by molar-refractivity contribution is -0.117. The first-order chi connectivity index (χ1) is 13.2. The van der Waals surface area contributed by atoms with Crippen LogP contribution in [0.15, 0.2) is 52.4 Å². The first-order valence-electron chi connectivity index (χ1n) is 8.94. The van der Waals surface area contributed by atoms with Gasteiger partial charge in [-0.15, -0.1) is 0 Å². The average Bonchev–Trinajstić information content (AvgIpc) is 2.88. The summed E-state index contributed by atoms with van der Waals surface area (Å²) in [6.45, 7) is 5.52.